The van der Waals surface area contributed by atoms with Crippen LogP contribution in [0.5, 0.6) is 5.88 Å². The first-order valence-electron chi connectivity index (χ1n) is 8.26. The van der Waals surface area contributed by atoms with Gasteiger partial charge in [0.1, 0.15) is 6.10 Å². The van der Waals surface area contributed by atoms with Gasteiger partial charge in [-0.05, 0) is 25.5 Å². The van der Waals surface area contributed by atoms with Gasteiger partial charge < -0.3 is 20.1 Å². The molecule has 0 aromatic carbocycles. The van der Waals surface area contributed by atoms with E-state index in [0.29, 0.717) is 11.0 Å². The zero-order chi connectivity index (χ0) is 17.6. The second-order valence-corrected chi connectivity index (χ2v) is 7.32. The van der Waals surface area contributed by atoms with Crippen molar-refractivity contribution in [2.24, 2.45) is 0 Å². The Labute approximate surface area is 151 Å². The van der Waals surface area contributed by atoms with E-state index in [-0.39, 0.29) is 18.2 Å². The van der Waals surface area contributed by atoms with Crippen LogP contribution in [0.2, 0.25) is 5.15 Å². The fourth-order valence-electron chi connectivity index (χ4n) is 3.68. The van der Waals surface area contributed by atoms with E-state index in [1.54, 1.807) is 6.20 Å². The number of aryl methyl sites for hydroxylation is 1. The average Bonchev–Trinajstić information content (AvgIpc) is 2.93. The van der Waals surface area contributed by atoms with Crippen LogP contribution in [0.3, 0.4) is 0 Å². The van der Waals surface area contributed by atoms with E-state index in [1.165, 1.54) is 0 Å². The molecule has 4 rings (SSSR count). The van der Waals surface area contributed by atoms with Crippen molar-refractivity contribution in [3.63, 3.8) is 0 Å². The summed E-state index contributed by atoms with van der Waals surface area (Å²) in [7, 11) is 0. The molecule has 0 bridgehead atoms. The lowest BCUT2D eigenvalue weighted by Gasteiger charge is -2.41. The Morgan fingerprint density at radius 2 is 2.28 bits per heavy atom. The van der Waals surface area contributed by atoms with Crippen LogP contribution in [0.15, 0.2) is 18.3 Å². The summed E-state index contributed by atoms with van der Waals surface area (Å²) in [6.07, 6.45) is 2.52. The number of fused-ring (bicyclic) bond motifs is 3. The normalized spacial score (nSPS) is 24.5. The molecular weight excluding hydrogens is 342 g/mol. The van der Waals surface area contributed by atoms with Crippen LogP contribution in [0.25, 0.3) is 0 Å². The molecule has 2 aromatic rings. The van der Waals surface area contributed by atoms with Gasteiger partial charge in [0.15, 0.2) is 11.0 Å². The molecule has 0 radical (unpaired) electrons. The molecule has 1 saturated heterocycles. The van der Waals surface area contributed by atoms with Gasteiger partial charge in [0.2, 0.25) is 5.88 Å². The van der Waals surface area contributed by atoms with Crippen molar-refractivity contribution < 1.29 is 9.84 Å². The van der Waals surface area contributed by atoms with Gasteiger partial charge in [-0.1, -0.05) is 11.6 Å². The number of halogens is 1. The van der Waals surface area contributed by atoms with Crippen LogP contribution in [0.4, 0.5) is 11.5 Å². The molecule has 2 aliphatic rings. The molecule has 0 spiro atoms. The summed E-state index contributed by atoms with van der Waals surface area (Å²) in [4.78, 5) is 6.64. The largest absolute Gasteiger partial charge is 0.472 e. The van der Waals surface area contributed by atoms with E-state index in [4.69, 9.17) is 16.3 Å². The highest BCUT2D eigenvalue weighted by Crippen LogP contribution is 2.42. The van der Waals surface area contributed by atoms with Crippen molar-refractivity contribution in [1.82, 2.24) is 15.2 Å². The first-order chi connectivity index (χ1) is 12.0. The van der Waals surface area contributed by atoms with Crippen molar-refractivity contribution in [2.75, 3.05) is 23.3 Å². The number of hydrogen-bond donors (Lipinski definition) is 2. The van der Waals surface area contributed by atoms with E-state index in [2.05, 4.69) is 32.3 Å². The Hall–Kier alpha value is -2.12. The molecule has 25 heavy (non-hydrogen) atoms. The lowest BCUT2D eigenvalue weighted by atomic mass is 9.96. The van der Waals surface area contributed by atoms with E-state index < -0.39 is 0 Å². The number of rotatable bonds is 3. The Morgan fingerprint density at radius 1 is 1.44 bits per heavy atom. The zero-order valence-electron chi connectivity index (χ0n) is 14.2. The van der Waals surface area contributed by atoms with Gasteiger partial charge in [-0.25, -0.2) is 4.98 Å². The molecular formula is C17H20ClN5O2. The maximum absolute atomic E-state index is 9.21. The molecule has 8 heteroatoms. The van der Waals surface area contributed by atoms with Crippen molar-refractivity contribution in [2.45, 2.75) is 38.5 Å². The third kappa shape index (κ3) is 2.87. The van der Waals surface area contributed by atoms with Crippen molar-refractivity contribution in [3.8, 4) is 5.88 Å². The van der Waals surface area contributed by atoms with Gasteiger partial charge >= 0.3 is 0 Å². The minimum atomic E-state index is -0.0804. The van der Waals surface area contributed by atoms with E-state index in [0.717, 1.165) is 42.1 Å². The molecule has 0 saturated carbocycles. The van der Waals surface area contributed by atoms with E-state index in [1.807, 2.05) is 19.1 Å². The predicted molar refractivity (Wildman–Crippen MR) is 95.2 cm³/mol. The molecule has 1 fully saturated rings. The van der Waals surface area contributed by atoms with Gasteiger partial charge in [-0.2, -0.15) is 0 Å². The molecule has 2 atom stereocenters. The van der Waals surface area contributed by atoms with Crippen molar-refractivity contribution in [3.05, 3.63) is 34.6 Å². The Morgan fingerprint density at radius 3 is 3.04 bits per heavy atom. The summed E-state index contributed by atoms with van der Waals surface area (Å²) in [5.41, 5.74) is 2.59. The number of aliphatic hydroxyl groups is 1. The topological polar surface area (TPSA) is 83.4 Å². The SMILES string of the molecule is Cc1cc(CO)cnc1O[C@H]1CN2c3cc(Cl)nnc3NC[C@]2(C)C1. The fourth-order valence-corrected chi connectivity index (χ4v) is 3.82. The van der Waals surface area contributed by atoms with Crippen molar-refractivity contribution in [1.29, 1.82) is 0 Å². The third-order valence-corrected chi connectivity index (χ3v) is 5.11. The van der Waals surface area contributed by atoms with Crippen LogP contribution < -0.4 is 15.0 Å². The van der Waals surface area contributed by atoms with E-state index >= 15 is 0 Å². The fraction of sp³-hybridized carbons (Fsp3) is 0.471. The summed E-state index contributed by atoms with van der Waals surface area (Å²) < 4.78 is 6.18. The third-order valence-electron chi connectivity index (χ3n) is 4.92. The number of pyridine rings is 1. The number of aromatic nitrogens is 3. The molecule has 0 aliphatic carbocycles. The summed E-state index contributed by atoms with van der Waals surface area (Å²) in [6, 6.07) is 3.74. The van der Waals surface area contributed by atoms with Crippen molar-refractivity contribution >= 4 is 23.1 Å². The number of ether oxygens (including phenoxy) is 1. The zero-order valence-corrected chi connectivity index (χ0v) is 14.9. The lowest BCUT2D eigenvalue weighted by Crippen LogP contribution is -2.50. The predicted octanol–water partition coefficient (Wildman–Crippen LogP) is 2.17. The number of aliphatic hydroxyl groups excluding tert-OH is 1. The highest BCUT2D eigenvalue weighted by Gasteiger charge is 2.46. The van der Waals surface area contributed by atoms with Gasteiger partial charge in [0.25, 0.3) is 0 Å². The Kier molecular flexibility index (Phi) is 3.92. The average molecular weight is 362 g/mol. The minimum absolute atomic E-state index is 0.0101. The molecule has 0 amide bonds. The summed E-state index contributed by atoms with van der Waals surface area (Å²) in [5, 5.41) is 21.0. The number of anilines is 2. The Balaban J connectivity index is 1.58. The highest BCUT2D eigenvalue weighted by molar-refractivity contribution is 6.29. The first-order valence-corrected chi connectivity index (χ1v) is 8.64. The highest BCUT2D eigenvalue weighted by atomic mass is 35.5. The van der Waals surface area contributed by atoms with Gasteiger partial charge in [-0.15, -0.1) is 10.2 Å². The smallest absolute Gasteiger partial charge is 0.216 e. The van der Waals surface area contributed by atoms with Crippen LogP contribution >= 0.6 is 11.6 Å². The number of nitrogens with one attached hydrogen (secondary N) is 1. The number of hydrogen-bond acceptors (Lipinski definition) is 7. The van der Waals surface area contributed by atoms with Crippen LogP contribution in [0, 0.1) is 6.92 Å². The summed E-state index contributed by atoms with van der Waals surface area (Å²) in [5.74, 6) is 1.37. The van der Waals surface area contributed by atoms with Crippen LogP contribution in [-0.2, 0) is 6.61 Å². The molecule has 132 valence electrons. The second-order valence-electron chi connectivity index (χ2n) is 6.93. The summed E-state index contributed by atoms with van der Waals surface area (Å²) >= 11 is 6.04. The standard InChI is InChI=1S/C17H20ClN5O2/c1-10-3-11(8-24)6-19-16(10)25-12-5-17(2)9-20-15-13(23(17)7-12)4-14(18)21-22-15/h3-4,6,12,24H,5,7-9H2,1-2H3,(H,20,22)/t12-,17+/m1/s1. The van der Waals surface area contributed by atoms with Crippen LogP contribution in [0.1, 0.15) is 24.5 Å². The molecule has 2 N–H and O–H groups in total. The molecule has 2 aromatic heterocycles. The van der Waals surface area contributed by atoms with Crippen LogP contribution in [-0.4, -0.2) is 45.0 Å². The summed E-state index contributed by atoms with van der Waals surface area (Å²) in [6.45, 7) is 5.63. The van der Waals surface area contributed by atoms with Gasteiger partial charge in [0.05, 0.1) is 24.4 Å². The molecule has 2 aliphatic heterocycles. The monoisotopic (exact) mass is 361 g/mol. The molecule has 4 heterocycles. The Bertz CT molecular complexity index is 818. The molecule has 7 nitrogen and oxygen atoms in total. The lowest BCUT2D eigenvalue weighted by molar-refractivity contribution is 0.203. The van der Waals surface area contributed by atoms with E-state index in [9.17, 15) is 5.11 Å². The number of nitrogens with zero attached hydrogens (tertiary/aromatic N) is 4. The second kappa shape index (κ2) is 6.00. The first kappa shape index (κ1) is 16.4. The maximum Gasteiger partial charge on any atom is 0.216 e. The van der Waals surface area contributed by atoms with Gasteiger partial charge in [-0.3, -0.25) is 0 Å². The molecule has 0 unspecified atom stereocenters. The minimum Gasteiger partial charge on any atom is -0.472 e. The maximum atomic E-state index is 9.21. The quantitative estimate of drug-likeness (QED) is 0.866. The van der Waals surface area contributed by atoms with Gasteiger partial charge in [0, 0.05) is 30.8 Å².